The number of amides is 1. The van der Waals surface area contributed by atoms with Crippen LogP contribution in [0.25, 0.3) is 67.8 Å². The summed E-state index contributed by atoms with van der Waals surface area (Å²) in [5.74, 6) is -1.78. The molecule has 1 amide bonds. The van der Waals surface area contributed by atoms with E-state index in [4.69, 9.17) is 14.2 Å². The molecule has 1 atom stereocenters. The normalized spacial score (nSPS) is 12.0. The summed E-state index contributed by atoms with van der Waals surface area (Å²) in [7, 11) is 1.71. The molecule has 0 spiro atoms. The van der Waals surface area contributed by atoms with Crippen LogP contribution in [-0.2, 0) is 0 Å². The monoisotopic (exact) mass is 1300 g/mol. The molecule has 0 aliphatic heterocycles. The Balaban J connectivity index is 0.813. The lowest BCUT2D eigenvalue weighted by Crippen LogP contribution is -2.13. The van der Waals surface area contributed by atoms with Crippen molar-refractivity contribution in [3.05, 3.63) is 361 Å². The molecule has 3 heterocycles. The number of aliphatic imine (C=N–C) groups is 1. The van der Waals surface area contributed by atoms with Crippen LogP contribution in [0.1, 0.15) is 94.6 Å². The topological polar surface area (TPSA) is 172 Å². The summed E-state index contributed by atoms with van der Waals surface area (Å²) < 4.78 is 18.0. The fourth-order valence-electron chi connectivity index (χ4n) is 10.9. The summed E-state index contributed by atoms with van der Waals surface area (Å²) in [6.07, 6.45) is 24.0. The number of carbonyl (C=O) groups excluding carboxylic acids is 4. The Morgan fingerprint density at radius 2 is 0.990 bits per heavy atom. The van der Waals surface area contributed by atoms with Crippen LogP contribution in [0.2, 0.25) is 0 Å². The van der Waals surface area contributed by atoms with Crippen molar-refractivity contribution in [3.8, 4) is 62.3 Å². The van der Waals surface area contributed by atoms with Gasteiger partial charge in [-0.2, -0.15) is 0 Å². The number of allylic oxidation sites excluding steroid dienone is 11. The van der Waals surface area contributed by atoms with Crippen LogP contribution >= 0.6 is 0 Å². The summed E-state index contributed by atoms with van der Waals surface area (Å²) in [4.78, 5) is 77.1. The lowest BCUT2D eigenvalue weighted by Gasteiger charge is -2.16. The Morgan fingerprint density at radius 1 is 0.495 bits per heavy atom. The third-order valence-corrected chi connectivity index (χ3v) is 16.1. The number of benzene rings is 8. The van der Waals surface area contributed by atoms with Crippen LogP contribution in [-0.4, -0.2) is 57.0 Å². The molecule has 13 heteroatoms. The highest BCUT2D eigenvalue weighted by molar-refractivity contribution is 6.06. The number of esters is 3. The number of anilines is 1. The number of nitrogens with zero attached hydrogens (tertiary/aromatic N) is 5. The largest absolute Gasteiger partial charge is 0.423 e. The molecule has 0 radical (unpaired) electrons. The van der Waals surface area contributed by atoms with E-state index in [2.05, 4.69) is 67.7 Å². The molecule has 13 nitrogen and oxygen atoms in total. The van der Waals surface area contributed by atoms with Gasteiger partial charge in [-0.3, -0.25) is 19.8 Å². The van der Waals surface area contributed by atoms with Crippen molar-refractivity contribution >= 4 is 58.5 Å². The minimum atomic E-state index is -0.597. The highest BCUT2D eigenvalue weighted by Crippen LogP contribution is 2.38. The predicted molar refractivity (Wildman–Crippen MR) is 397 cm³/mol. The molecule has 1 unspecified atom stereocenters. The molecule has 11 rings (SSSR count). The van der Waals surface area contributed by atoms with Gasteiger partial charge in [-0.05, 0) is 175 Å². The molecular weight excluding hydrogens is 1230 g/mol. The number of rotatable bonds is 23. The highest BCUT2D eigenvalue weighted by Gasteiger charge is 2.20. The first kappa shape index (κ1) is 67.3. The predicted octanol–water partition coefficient (Wildman–Crippen LogP) is 19.5. The number of aryl methyl sites for hydroxylation is 1. The summed E-state index contributed by atoms with van der Waals surface area (Å²) in [6.45, 7) is 14.5. The molecule has 0 saturated carbocycles. The van der Waals surface area contributed by atoms with E-state index in [1.165, 1.54) is 6.07 Å². The third kappa shape index (κ3) is 17.4. The van der Waals surface area contributed by atoms with Crippen molar-refractivity contribution in [3.63, 3.8) is 0 Å². The van der Waals surface area contributed by atoms with Gasteiger partial charge in [-0.15, -0.1) is 0 Å². The number of ether oxygens (including phenoxy) is 3. The first-order chi connectivity index (χ1) is 48.3. The first-order valence-corrected chi connectivity index (χ1v) is 31.9. The highest BCUT2D eigenvalue weighted by atomic mass is 16.5. The second kappa shape index (κ2) is 32.3. The summed E-state index contributed by atoms with van der Waals surface area (Å²) in [6, 6.07) is 67.8. The number of aromatic nitrogens is 4. The molecule has 3 aromatic heterocycles. The fourth-order valence-corrected chi connectivity index (χ4v) is 10.9. The molecule has 11 aromatic rings. The van der Waals surface area contributed by atoms with Gasteiger partial charge in [0.05, 0.1) is 39.5 Å². The van der Waals surface area contributed by atoms with Crippen molar-refractivity contribution in [2.75, 3.05) is 12.4 Å². The minimum Gasteiger partial charge on any atom is -0.423 e. The SMILES string of the molecule is C=CC(=CC(/C=C\C)c1ccc(-c2cc(-c3ccc(C(=C)/C(=C\C)c4cc(OC(=O)c5ccc(C)cc5)cc(OC(=O)c5ccc(-c6ccccn6)cc5)c4)cc3)ncn2)cc1)c1cc(NC(=O)c2ccc(/C=C/C=C\C=N/C)cc2)cc(OC(=O)c2ccc(-c3ccccn3)cc2)c1. The minimum absolute atomic E-state index is 0.168. The number of hydrogen-bond donors (Lipinski definition) is 1. The summed E-state index contributed by atoms with van der Waals surface area (Å²) in [5.41, 5.74) is 15.3. The Bertz CT molecular complexity index is 4940. The Hall–Kier alpha value is -13.1. The van der Waals surface area contributed by atoms with Crippen molar-refractivity contribution in [2.24, 2.45) is 4.99 Å². The van der Waals surface area contributed by atoms with Crippen LogP contribution in [0, 0.1) is 6.92 Å². The molecule has 0 aliphatic rings. The standard InChI is InChI=1S/C86H68N6O7/c1-7-17-71(48-60(8-2)72-49-74(92-83(93)67-27-23-59(24-28-67)18-11-10-14-45-87-6)53-75(50-72)97-85(95)69-41-37-63(38-42-69)79-19-12-15-46-88-79)62-31-35-66(36-32-62)82-55-81(90-56-91-82)65-33-29-61(30-34-65)58(5)78(9-3)73-51-76(98-84(94)68-25-21-57(4)22-26-68)54-77(52-73)99-86(96)70-43-39-64(40-44-70)80-20-13-16-47-89-80/h7-56,71H,2,5H2,1,3-4,6H3,(H,92,93)/b14-10-,17-7-,18-11+,60-48?,78-9+,87-45-. The maximum atomic E-state index is 13.9. The number of pyridine rings is 2. The lowest BCUT2D eigenvalue weighted by atomic mass is 9.92. The van der Waals surface area contributed by atoms with Crippen LogP contribution in [0.15, 0.2) is 310 Å². The lowest BCUT2D eigenvalue weighted by molar-refractivity contribution is 0.0720. The van der Waals surface area contributed by atoms with Gasteiger partial charge in [0.15, 0.2) is 0 Å². The zero-order valence-electron chi connectivity index (χ0n) is 55.0. The van der Waals surface area contributed by atoms with Crippen molar-refractivity contribution < 1.29 is 33.4 Å². The van der Waals surface area contributed by atoms with Crippen LogP contribution in [0.3, 0.4) is 0 Å². The van der Waals surface area contributed by atoms with E-state index in [0.717, 1.165) is 61.5 Å². The molecule has 0 bridgehead atoms. The molecule has 1 N–H and O–H groups in total. The molecule has 8 aromatic carbocycles. The smallest absolute Gasteiger partial charge is 0.343 e. The summed E-state index contributed by atoms with van der Waals surface area (Å²) >= 11 is 0. The van der Waals surface area contributed by atoms with Crippen molar-refractivity contribution in [1.82, 2.24) is 19.9 Å². The van der Waals surface area contributed by atoms with E-state index in [1.807, 2.05) is 191 Å². The van der Waals surface area contributed by atoms with Crippen LogP contribution in [0.4, 0.5) is 5.69 Å². The maximum absolute atomic E-state index is 13.9. The zero-order valence-corrected chi connectivity index (χ0v) is 55.0. The quantitative estimate of drug-likeness (QED) is 0.0212. The molecular formula is C86H68N6O7. The zero-order chi connectivity index (χ0) is 69.0. The number of nitrogens with one attached hydrogen (secondary N) is 1. The molecule has 0 aliphatic carbocycles. The van der Waals surface area contributed by atoms with Gasteiger partial charge in [0, 0.05) is 77.2 Å². The van der Waals surface area contributed by atoms with E-state index in [9.17, 15) is 19.2 Å². The molecule has 99 heavy (non-hydrogen) atoms. The van der Waals surface area contributed by atoms with Gasteiger partial charge in [0.25, 0.3) is 5.91 Å². The van der Waals surface area contributed by atoms with Gasteiger partial charge in [0.1, 0.15) is 23.6 Å². The molecule has 484 valence electrons. The fraction of sp³-hybridized carbons (Fsp3) is 0.0581. The van der Waals surface area contributed by atoms with Gasteiger partial charge in [-0.1, -0.05) is 177 Å². The third-order valence-electron chi connectivity index (χ3n) is 16.1. The van der Waals surface area contributed by atoms with Crippen LogP contribution in [0.5, 0.6) is 17.2 Å². The average Bonchev–Trinajstić information content (AvgIpc) is 0.825. The van der Waals surface area contributed by atoms with Gasteiger partial charge in [0.2, 0.25) is 0 Å². The number of carbonyl (C=O) groups is 4. The Morgan fingerprint density at radius 3 is 1.49 bits per heavy atom. The average molecular weight is 1300 g/mol. The van der Waals surface area contributed by atoms with Gasteiger partial charge in [-0.25, -0.2) is 24.4 Å². The van der Waals surface area contributed by atoms with Crippen LogP contribution < -0.4 is 19.5 Å². The van der Waals surface area contributed by atoms with E-state index in [1.54, 1.807) is 111 Å². The summed E-state index contributed by atoms with van der Waals surface area (Å²) in [5, 5.41) is 3.03. The van der Waals surface area contributed by atoms with E-state index in [-0.39, 0.29) is 29.1 Å². The first-order valence-electron chi connectivity index (χ1n) is 31.9. The van der Waals surface area contributed by atoms with E-state index >= 15 is 0 Å². The maximum Gasteiger partial charge on any atom is 0.343 e. The van der Waals surface area contributed by atoms with Gasteiger partial charge < -0.3 is 19.5 Å². The molecule has 0 saturated heterocycles. The van der Waals surface area contributed by atoms with E-state index < -0.39 is 17.9 Å². The Kier molecular flexibility index (Phi) is 22.0. The van der Waals surface area contributed by atoms with Crippen molar-refractivity contribution in [1.29, 1.82) is 0 Å². The van der Waals surface area contributed by atoms with Gasteiger partial charge >= 0.3 is 17.9 Å². The molecule has 0 fully saturated rings. The Labute approximate surface area is 575 Å². The van der Waals surface area contributed by atoms with E-state index in [0.29, 0.717) is 61.6 Å². The second-order valence-corrected chi connectivity index (χ2v) is 22.8. The second-order valence-electron chi connectivity index (χ2n) is 22.8. The van der Waals surface area contributed by atoms with Crippen molar-refractivity contribution in [2.45, 2.75) is 26.7 Å². The number of hydrogen-bond acceptors (Lipinski definition) is 12.